The molecular formula is C16H12BrFO2. The van der Waals surface area contributed by atoms with E-state index in [-0.39, 0.29) is 5.82 Å². The summed E-state index contributed by atoms with van der Waals surface area (Å²) in [5.74, 6) is 0.0750. The molecule has 1 atom stereocenters. The summed E-state index contributed by atoms with van der Waals surface area (Å²) in [7, 11) is 0. The first-order valence-corrected chi connectivity index (χ1v) is 6.97. The van der Waals surface area contributed by atoms with E-state index in [1.54, 1.807) is 12.1 Å². The number of benzene rings is 2. The molecule has 0 fully saturated rings. The molecule has 0 aliphatic heterocycles. The van der Waals surface area contributed by atoms with E-state index in [0.717, 1.165) is 15.6 Å². The third-order valence-corrected chi connectivity index (χ3v) is 3.90. The van der Waals surface area contributed by atoms with Crippen LogP contribution in [0.1, 0.15) is 23.0 Å². The molecule has 0 radical (unpaired) electrons. The molecule has 0 bridgehead atoms. The number of fused-ring (bicyclic) bond motifs is 1. The van der Waals surface area contributed by atoms with E-state index < -0.39 is 6.10 Å². The highest BCUT2D eigenvalue weighted by Gasteiger charge is 2.18. The minimum atomic E-state index is -0.888. The number of rotatable bonds is 2. The van der Waals surface area contributed by atoms with Crippen LogP contribution in [0.5, 0.6) is 0 Å². The van der Waals surface area contributed by atoms with Gasteiger partial charge < -0.3 is 9.52 Å². The van der Waals surface area contributed by atoms with Gasteiger partial charge in [-0.2, -0.15) is 0 Å². The molecule has 0 saturated carbocycles. The van der Waals surface area contributed by atoms with Crippen molar-refractivity contribution in [2.75, 3.05) is 0 Å². The van der Waals surface area contributed by atoms with Gasteiger partial charge in [-0.1, -0.05) is 28.1 Å². The van der Waals surface area contributed by atoms with Gasteiger partial charge in [0.15, 0.2) is 0 Å². The molecule has 3 rings (SSSR count). The third-order valence-electron chi connectivity index (χ3n) is 3.22. The van der Waals surface area contributed by atoms with Crippen LogP contribution in [0.4, 0.5) is 4.39 Å². The third kappa shape index (κ3) is 2.37. The Kier molecular flexibility index (Phi) is 3.36. The lowest BCUT2D eigenvalue weighted by molar-refractivity contribution is 0.191. The van der Waals surface area contributed by atoms with Gasteiger partial charge in [-0.05, 0) is 42.8 Å². The predicted molar refractivity (Wildman–Crippen MR) is 79.1 cm³/mol. The molecule has 1 aromatic heterocycles. The molecule has 0 spiro atoms. The van der Waals surface area contributed by atoms with Crippen molar-refractivity contribution in [1.29, 1.82) is 0 Å². The van der Waals surface area contributed by atoms with E-state index in [4.69, 9.17) is 4.42 Å². The van der Waals surface area contributed by atoms with Gasteiger partial charge in [0.2, 0.25) is 0 Å². The van der Waals surface area contributed by atoms with Crippen molar-refractivity contribution in [1.82, 2.24) is 0 Å². The summed E-state index contributed by atoms with van der Waals surface area (Å²) in [6.45, 7) is 1.98. The SMILES string of the molecule is Cc1ccc(C(O)c2cc3cc(F)ccc3o2)c(Br)c1. The minimum Gasteiger partial charge on any atom is -0.458 e. The van der Waals surface area contributed by atoms with Crippen LogP contribution in [0.3, 0.4) is 0 Å². The second-order valence-electron chi connectivity index (χ2n) is 4.76. The number of halogens is 2. The van der Waals surface area contributed by atoms with Crippen LogP contribution in [0, 0.1) is 12.7 Å². The average Bonchev–Trinajstić information content (AvgIpc) is 2.81. The number of hydrogen-bond acceptors (Lipinski definition) is 2. The molecule has 2 aromatic carbocycles. The standard InChI is InChI=1S/C16H12BrFO2/c1-9-2-4-12(13(17)6-9)16(19)15-8-10-7-11(18)3-5-14(10)20-15/h2-8,16,19H,1H3. The summed E-state index contributed by atoms with van der Waals surface area (Å²) in [6.07, 6.45) is -0.888. The van der Waals surface area contributed by atoms with Gasteiger partial charge in [-0.3, -0.25) is 0 Å². The zero-order valence-corrected chi connectivity index (χ0v) is 12.3. The van der Waals surface area contributed by atoms with Crippen molar-refractivity contribution in [2.45, 2.75) is 13.0 Å². The van der Waals surface area contributed by atoms with Crippen molar-refractivity contribution in [3.63, 3.8) is 0 Å². The summed E-state index contributed by atoms with van der Waals surface area (Å²) in [4.78, 5) is 0. The first kappa shape index (κ1) is 13.3. The molecule has 0 aliphatic rings. The van der Waals surface area contributed by atoms with E-state index in [9.17, 15) is 9.50 Å². The summed E-state index contributed by atoms with van der Waals surface area (Å²) in [5, 5.41) is 11.1. The summed E-state index contributed by atoms with van der Waals surface area (Å²) < 4.78 is 19.6. The maximum absolute atomic E-state index is 13.2. The van der Waals surface area contributed by atoms with Gasteiger partial charge in [-0.15, -0.1) is 0 Å². The van der Waals surface area contributed by atoms with Crippen LogP contribution in [0.25, 0.3) is 11.0 Å². The molecule has 102 valence electrons. The molecule has 1 heterocycles. The smallest absolute Gasteiger partial charge is 0.138 e. The fourth-order valence-electron chi connectivity index (χ4n) is 2.18. The Balaban J connectivity index is 2.05. The average molecular weight is 335 g/mol. The lowest BCUT2D eigenvalue weighted by atomic mass is 10.1. The van der Waals surface area contributed by atoms with Gasteiger partial charge in [0.1, 0.15) is 23.3 Å². The van der Waals surface area contributed by atoms with E-state index in [1.807, 2.05) is 25.1 Å². The topological polar surface area (TPSA) is 33.4 Å². The number of aliphatic hydroxyl groups excluding tert-OH is 1. The number of hydrogen-bond donors (Lipinski definition) is 1. The van der Waals surface area contributed by atoms with E-state index >= 15 is 0 Å². The van der Waals surface area contributed by atoms with Gasteiger partial charge >= 0.3 is 0 Å². The molecule has 20 heavy (non-hydrogen) atoms. The maximum atomic E-state index is 13.2. The zero-order chi connectivity index (χ0) is 14.3. The second-order valence-corrected chi connectivity index (χ2v) is 5.61. The van der Waals surface area contributed by atoms with Crippen LogP contribution in [0.2, 0.25) is 0 Å². The normalized spacial score (nSPS) is 12.8. The summed E-state index contributed by atoms with van der Waals surface area (Å²) in [5.41, 5.74) is 2.37. The molecular weight excluding hydrogens is 323 g/mol. The van der Waals surface area contributed by atoms with Crippen LogP contribution in [-0.2, 0) is 0 Å². The molecule has 1 N–H and O–H groups in total. The molecule has 1 unspecified atom stereocenters. The summed E-state index contributed by atoms with van der Waals surface area (Å²) in [6, 6.07) is 11.6. The van der Waals surface area contributed by atoms with Crippen LogP contribution in [0.15, 0.2) is 51.4 Å². The van der Waals surface area contributed by atoms with Gasteiger partial charge in [0.05, 0.1) is 0 Å². The van der Waals surface area contributed by atoms with Crippen molar-refractivity contribution in [3.8, 4) is 0 Å². The highest BCUT2D eigenvalue weighted by molar-refractivity contribution is 9.10. The van der Waals surface area contributed by atoms with Crippen LogP contribution in [-0.4, -0.2) is 5.11 Å². The Bertz CT molecular complexity index is 779. The highest BCUT2D eigenvalue weighted by atomic mass is 79.9. The van der Waals surface area contributed by atoms with Crippen molar-refractivity contribution < 1.29 is 13.9 Å². The minimum absolute atomic E-state index is 0.323. The zero-order valence-electron chi connectivity index (χ0n) is 10.7. The first-order chi connectivity index (χ1) is 9.54. The van der Waals surface area contributed by atoms with Gasteiger partial charge in [0, 0.05) is 15.4 Å². The monoisotopic (exact) mass is 334 g/mol. The molecule has 0 aliphatic carbocycles. The maximum Gasteiger partial charge on any atom is 0.138 e. The fraction of sp³-hybridized carbons (Fsp3) is 0.125. The van der Waals surface area contributed by atoms with Crippen LogP contribution < -0.4 is 0 Å². The van der Waals surface area contributed by atoms with Crippen molar-refractivity contribution in [2.24, 2.45) is 0 Å². The Labute approximate surface area is 124 Å². The largest absolute Gasteiger partial charge is 0.458 e. The second kappa shape index (κ2) is 5.04. The Hall–Kier alpha value is -1.65. The number of furan rings is 1. The number of aryl methyl sites for hydroxylation is 1. The lowest BCUT2D eigenvalue weighted by Crippen LogP contribution is -1.99. The van der Waals surface area contributed by atoms with Gasteiger partial charge in [0.25, 0.3) is 0 Å². The molecule has 0 saturated heterocycles. The molecule has 3 aromatic rings. The molecule has 4 heteroatoms. The Morgan fingerprint density at radius 3 is 2.70 bits per heavy atom. The van der Waals surface area contributed by atoms with Crippen molar-refractivity contribution in [3.05, 3.63) is 69.6 Å². The summed E-state index contributed by atoms with van der Waals surface area (Å²) >= 11 is 3.44. The fourth-order valence-corrected chi connectivity index (χ4v) is 2.89. The molecule has 2 nitrogen and oxygen atoms in total. The van der Waals surface area contributed by atoms with Crippen molar-refractivity contribution >= 4 is 26.9 Å². The Morgan fingerprint density at radius 2 is 1.95 bits per heavy atom. The highest BCUT2D eigenvalue weighted by Crippen LogP contribution is 2.32. The lowest BCUT2D eigenvalue weighted by Gasteiger charge is -2.10. The van der Waals surface area contributed by atoms with E-state index in [2.05, 4.69) is 15.9 Å². The first-order valence-electron chi connectivity index (χ1n) is 6.18. The number of aliphatic hydroxyl groups is 1. The predicted octanol–water partition coefficient (Wildman–Crippen LogP) is 4.72. The quantitative estimate of drug-likeness (QED) is 0.735. The van der Waals surface area contributed by atoms with E-state index in [1.165, 1.54) is 12.1 Å². The molecule has 0 amide bonds. The van der Waals surface area contributed by atoms with E-state index in [0.29, 0.717) is 16.7 Å². The van der Waals surface area contributed by atoms with Gasteiger partial charge in [-0.25, -0.2) is 4.39 Å². The Morgan fingerprint density at radius 1 is 1.15 bits per heavy atom. The van der Waals surface area contributed by atoms with Crippen LogP contribution >= 0.6 is 15.9 Å².